The number of nitrogens with zero attached hydrogens (tertiary/aromatic N) is 1. The molecular weight excluding hydrogens is 262 g/mol. The topological polar surface area (TPSA) is 29.5 Å². The molecule has 1 atom stereocenters. The first-order valence-electron chi connectivity index (χ1n) is 6.90. The average Bonchev–Trinajstić information content (AvgIpc) is 2.76. The SMILES string of the molecule is C=CCOC1(c2ccccc2)C(=O)N(C)c2ccccc21. The number of benzene rings is 2. The van der Waals surface area contributed by atoms with Gasteiger partial charge >= 0.3 is 0 Å². The molecule has 0 aromatic heterocycles. The zero-order valence-corrected chi connectivity index (χ0v) is 12.0. The molecule has 2 aromatic rings. The molecule has 0 saturated heterocycles. The highest BCUT2D eigenvalue weighted by Gasteiger charge is 2.52. The van der Waals surface area contributed by atoms with Crippen LogP contribution in [0, 0.1) is 0 Å². The number of hydrogen-bond donors (Lipinski definition) is 0. The molecular formula is C18H17NO2. The molecule has 0 bridgehead atoms. The minimum absolute atomic E-state index is 0.0725. The molecule has 0 fully saturated rings. The van der Waals surface area contributed by atoms with Crippen LogP contribution in [0.2, 0.25) is 0 Å². The summed E-state index contributed by atoms with van der Waals surface area (Å²) < 4.78 is 6.03. The molecule has 1 aliphatic rings. The van der Waals surface area contributed by atoms with E-state index in [1.54, 1.807) is 18.0 Å². The van der Waals surface area contributed by atoms with Gasteiger partial charge in [-0.15, -0.1) is 6.58 Å². The van der Waals surface area contributed by atoms with Crippen LogP contribution < -0.4 is 4.90 Å². The fourth-order valence-corrected chi connectivity index (χ4v) is 2.88. The third kappa shape index (κ3) is 1.89. The number of rotatable bonds is 4. The van der Waals surface area contributed by atoms with Gasteiger partial charge in [-0.3, -0.25) is 4.79 Å². The molecule has 21 heavy (non-hydrogen) atoms. The summed E-state index contributed by atoms with van der Waals surface area (Å²) >= 11 is 0. The largest absolute Gasteiger partial charge is 0.352 e. The Hall–Kier alpha value is -2.39. The molecule has 3 heteroatoms. The van der Waals surface area contributed by atoms with E-state index in [2.05, 4.69) is 6.58 Å². The summed E-state index contributed by atoms with van der Waals surface area (Å²) in [4.78, 5) is 14.6. The molecule has 1 amide bonds. The van der Waals surface area contributed by atoms with E-state index in [1.165, 1.54) is 0 Å². The number of ether oxygens (including phenoxy) is 1. The lowest BCUT2D eigenvalue weighted by atomic mass is 9.87. The number of likely N-dealkylation sites (N-methyl/N-ethyl adjacent to an activating group) is 1. The van der Waals surface area contributed by atoms with Crippen molar-refractivity contribution in [1.82, 2.24) is 0 Å². The van der Waals surface area contributed by atoms with Gasteiger partial charge in [-0.2, -0.15) is 0 Å². The zero-order valence-electron chi connectivity index (χ0n) is 12.0. The van der Waals surface area contributed by atoms with Crippen molar-refractivity contribution in [2.45, 2.75) is 5.60 Å². The van der Waals surface area contributed by atoms with Crippen LogP contribution in [0.3, 0.4) is 0 Å². The lowest BCUT2D eigenvalue weighted by molar-refractivity contribution is -0.136. The van der Waals surface area contributed by atoms with E-state index < -0.39 is 5.60 Å². The number of para-hydroxylation sites is 1. The normalized spacial score (nSPS) is 20.4. The molecule has 0 saturated carbocycles. The highest BCUT2D eigenvalue weighted by molar-refractivity contribution is 6.08. The van der Waals surface area contributed by atoms with E-state index in [0.717, 1.165) is 16.8 Å². The second kappa shape index (κ2) is 5.19. The number of carbonyl (C=O) groups excluding carboxylic acids is 1. The summed E-state index contributed by atoms with van der Waals surface area (Å²) in [5.74, 6) is -0.0725. The van der Waals surface area contributed by atoms with Gasteiger partial charge in [0.1, 0.15) is 0 Å². The Kier molecular flexibility index (Phi) is 3.35. The number of hydrogen-bond acceptors (Lipinski definition) is 2. The fourth-order valence-electron chi connectivity index (χ4n) is 2.88. The quantitative estimate of drug-likeness (QED) is 0.805. The molecule has 1 heterocycles. The van der Waals surface area contributed by atoms with Crippen LogP contribution in [0.25, 0.3) is 0 Å². The second-order valence-electron chi connectivity index (χ2n) is 5.03. The lowest BCUT2D eigenvalue weighted by Crippen LogP contribution is -2.42. The van der Waals surface area contributed by atoms with Gasteiger partial charge in [-0.25, -0.2) is 0 Å². The number of carbonyl (C=O) groups is 1. The second-order valence-corrected chi connectivity index (χ2v) is 5.03. The van der Waals surface area contributed by atoms with Crippen molar-refractivity contribution < 1.29 is 9.53 Å². The summed E-state index contributed by atoms with van der Waals surface area (Å²) in [5, 5.41) is 0. The standard InChI is InChI=1S/C18H17NO2/c1-3-13-21-18(14-9-5-4-6-10-14)15-11-7-8-12-16(15)19(2)17(18)20/h3-12H,1,13H2,2H3. The fraction of sp³-hybridized carbons (Fsp3) is 0.167. The van der Waals surface area contributed by atoms with E-state index in [4.69, 9.17) is 4.74 Å². The van der Waals surface area contributed by atoms with Crippen LogP contribution in [-0.4, -0.2) is 19.6 Å². The van der Waals surface area contributed by atoms with Crippen LogP contribution in [-0.2, 0) is 15.1 Å². The molecule has 106 valence electrons. The van der Waals surface area contributed by atoms with Gasteiger partial charge in [-0.05, 0) is 11.6 Å². The van der Waals surface area contributed by atoms with Crippen molar-refractivity contribution in [3.63, 3.8) is 0 Å². The predicted octanol–water partition coefficient (Wildman–Crippen LogP) is 3.11. The van der Waals surface area contributed by atoms with Crippen molar-refractivity contribution in [3.8, 4) is 0 Å². The third-order valence-electron chi connectivity index (χ3n) is 3.85. The Balaban J connectivity index is 2.25. The molecule has 0 aliphatic carbocycles. The summed E-state index contributed by atoms with van der Waals surface area (Å²) in [6.07, 6.45) is 1.67. The summed E-state index contributed by atoms with van der Waals surface area (Å²) in [5.41, 5.74) is 1.52. The van der Waals surface area contributed by atoms with E-state index in [1.807, 2.05) is 54.6 Å². The van der Waals surface area contributed by atoms with Crippen molar-refractivity contribution in [2.24, 2.45) is 0 Å². The predicted molar refractivity (Wildman–Crippen MR) is 83.2 cm³/mol. The maximum Gasteiger partial charge on any atom is 0.268 e. The number of fused-ring (bicyclic) bond motifs is 1. The first kappa shape index (κ1) is 13.6. The monoisotopic (exact) mass is 279 g/mol. The average molecular weight is 279 g/mol. The van der Waals surface area contributed by atoms with E-state index in [9.17, 15) is 4.79 Å². The molecule has 3 nitrogen and oxygen atoms in total. The summed E-state index contributed by atoms with van der Waals surface area (Å²) in [7, 11) is 1.78. The van der Waals surface area contributed by atoms with E-state index >= 15 is 0 Å². The summed E-state index contributed by atoms with van der Waals surface area (Å²) in [6, 6.07) is 17.4. The lowest BCUT2D eigenvalue weighted by Gasteiger charge is -2.28. The van der Waals surface area contributed by atoms with E-state index in [-0.39, 0.29) is 5.91 Å². The maximum atomic E-state index is 13.0. The first-order valence-corrected chi connectivity index (χ1v) is 6.90. The Morgan fingerprint density at radius 1 is 1.14 bits per heavy atom. The van der Waals surface area contributed by atoms with Crippen LogP contribution >= 0.6 is 0 Å². The minimum atomic E-state index is -1.08. The molecule has 0 spiro atoms. The first-order chi connectivity index (χ1) is 10.2. The third-order valence-corrected chi connectivity index (χ3v) is 3.85. The smallest absolute Gasteiger partial charge is 0.268 e. The number of anilines is 1. The molecule has 0 radical (unpaired) electrons. The van der Waals surface area contributed by atoms with Gasteiger partial charge < -0.3 is 9.64 Å². The zero-order chi connectivity index (χ0) is 14.9. The Bertz CT molecular complexity index is 681. The van der Waals surface area contributed by atoms with E-state index in [0.29, 0.717) is 6.61 Å². The minimum Gasteiger partial charge on any atom is -0.352 e. The van der Waals surface area contributed by atoms with Gasteiger partial charge in [0, 0.05) is 12.6 Å². The maximum absolute atomic E-state index is 13.0. The van der Waals surface area contributed by atoms with Crippen LogP contribution in [0.1, 0.15) is 11.1 Å². The molecule has 3 rings (SSSR count). The Morgan fingerprint density at radius 2 is 1.81 bits per heavy atom. The van der Waals surface area contributed by atoms with Crippen molar-refractivity contribution >= 4 is 11.6 Å². The van der Waals surface area contributed by atoms with Gasteiger partial charge in [0.25, 0.3) is 5.91 Å². The van der Waals surface area contributed by atoms with Crippen LogP contribution in [0.5, 0.6) is 0 Å². The Labute approximate surface area is 124 Å². The van der Waals surface area contributed by atoms with Gasteiger partial charge in [-0.1, -0.05) is 54.6 Å². The number of amides is 1. The van der Waals surface area contributed by atoms with Crippen molar-refractivity contribution in [1.29, 1.82) is 0 Å². The summed E-state index contributed by atoms with van der Waals surface area (Å²) in [6.45, 7) is 4.00. The van der Waals surface area contributed by atoms with Crippen molar-refractivity contribution in [2.75, 3.05) is 18.6 Å². The van der Waals surface area contributed by atoms with Crippen LogP contribution in [0.4, 0.5) is 5.69 Å². The molecule has 1 aliphatic heterocycles. The van der Waals surface area contributed by atoms with Gasteiger partial charge in [0.2, 0.25) is 0 Å². The van der Waals surface area contributed by atoms with Crippen molar-refractivity contribution in [3.05, 3.63) is 78.4 Å². The molecule has 1 unspecified atom stereocenters. The van der Waals surface area contributed by atoms with Gasteiger partial charge in [0.15, 0.2) is 5.60 Å². The Morgan fingerprint density at radius 3 is 2.52 bits per heavy atom. The molecule has 2 aromatic carbocycles. The van der Waals surface area contributed by atoms with Crippen LogP contribution in [0.15, 0.2) is 67.3 Å². The molecule has 0 N–H and O–H groups in total. The highest BCUT2D eigenvalue weighted by atomic mass is 16.5. The highest BCUT2D eigenvalue weighted by Crippen LogP contribution is 2.46. The van der Waals surface area contributed by atoms with Gasteiger partial charge in [0.05, 0.1) is 12.3 Å².